The molecule has 1 aliphatic heterocycles. The second kappa shape index (κ2) is 6.74. The Morgan fingerprint density at radius 3 is 2.60 bits per heavy atom. The first-order valence-corrected chi connectivity index (χ1v) is 9.51. The molecule has 1 unspecified atom stereocenters. The zero-order chi connectivity index (χ0) is 17.6. The third kappa shape index (κ3) is 3.11. The highest BCUT2D eigenvalue weighted by Gasteiger charge is 2.31. The number of aromatic nitrogens is 3. The lowest BCUT2D eigenvalue weighted by Crippen LogP contribution is -2.46. The van der Waals surface area contributed by atoms with Gasteiger partial charge in [-0.1, -0.05) is 40.6 Å². The largest absolute Gasteiger partial charge is 0.492 e. The molecule has 6 nitrogen and oxygen atoms in total. The van der Waals surface area contributed by atoms with Crippen LogP contribution in [0.5, 0.6) is 5.88 Å². The topological polar surface area (TPSA) is 56.9 Å². The molecule has 1 fully saturated rings. The van der Waals surface area contributed by atoms with Gasteiger partial charge in [-0.05, 0) is 24.7 Å². The van der Waals surface area contributed by atoms with Crippen LogP contribution in [0, 0.1) is 0 Å². The van der Waals surface area contributed by atoms with Crippen LogP contribution in [0.3, 0.4) is 0 Å². The zero-order valence-electron chi connectivity index (χ0n) is 13.6. The molecule has 3 aromatic rings. The number of nitrogens with zero attached hydrogens (tertiary/aromatic N) is 5. The average Bonchev–Trinajstić information content (AvgIpc) is 3.17. The second-order valence-corrected chi connectivity index (χ2v) is 7.98. The summed E-state index contributed by atoms with van der Waals surface area (Å²) in [5.74, 6) is 0.132. The maximum Gasteiger partial charge on any atom is 0.230 e. The molecule has 0 amide bonds. The SMILES string of the molecule is CN1CCN(C(c2ccc(Cl)c(Cl)c2)c2sc3ncnn3c2O)CC1. The van der Waals surface area contributed by atoms with Crippen LogP contribution in [0.25, 0.3) is 4.96 Å². The number of benzene rings is 1. The van der Waals surface area contributed by atoms with E-state index in [2.05, 4.69) is 26.9 Å². The highest BCUT2D eigenvalue weighted by molar-refractivity contribution is 7.17. The summed E-state index contributed by atoms with van der Waals surface area (Å²) in [6, 6.07) is 5.53. The molecule has 4 rings (SSSR count). The van der Waals surface area contributed by atoms with Gasteiger partial charge in [0.05, 0.1) is 21.0 Å². The van der Waals surface area contributed by atoms with Crippen molar-refractivity contribution in [2.75, 3.05) is 33.2 Å². The number of halogens is 2. The highest BCUT2D eigenvalue weighted by Crippen LogP contribution is 2.41. The van der Waals surface area contributed by atoms with E-state index in [9.17, 15) is 5.11 Å². The molecule has 9 heteroatoms. The van der Waals surface area contributed by atoms with Gasteiger partial charge in [-0.15, -0.1) is 0 Å². The molecule has 25 heavy (non-hydrogen) atoms. The van der Waals surface area contributed by atoms with Gasteiger partial charge in [0.2, 0.25) is 10.8 Å². The summed E-state index contributed by atoms with van der Waals surface area (Å²) in [5, 5.41) is 15.8. The smallest absolute Gasteiger partial charge is 0.230 e. The Morgan fingerprint density at radius 1 is 1.16 bits per heavy atom. The Kier molecular flexibility index (Phi) is 4.59. The van der Waals surface area contributed by atoms with Gasteiger partial charge in [0, 0.05) is 26.2 Å². The minimum Gasteiger partial charge on any atom is -0.492 e. The third-order valence-corrected chi connectivity index (χ3v) is 6.38. The quantitative estimate of drug-likeness (QED) is 0.735. The van der Waals surface area contributed by atoms with Crippen LogP contribution < -0.4 is 0 Å². The summed E-state index contributed by atoms with van der Waals surface area (Å²) in [6.45, 7) is 3.74. The Labute approximate surface area is 159 Å². The summed E-state index contributed by atoms with van der Waals surface area (Å²) in [4.78, 5) is 10.3. The van der Waals surface area contributed by atoms with Crippen molar-refractivity contribution in [3.63, 3.8) is 0 Å². The molecule has 2 aromatic heterocycles. The van der Waals surface area contributed by atoms with Gasteiger partial charge in [0.25, 0.3) is 0 Å². The van der Waals surface area contributed by atoms with E-state index in [-0.39, 0.29) is 11.9 Å². The van der Waals surface area contributed by atoms with Crippen molar-refractivity contribution in [2.24, 2.45) is 0 Å². The number of thiazole rings is 1. The predicted molar refractivity (Wildman–Crippen MR) is 99.9 cm³/mol. The molecular formula is C16H17Cl2N5OS. The van der Waals surface area contributed by atoms with Gasteiger partial charge in [-0.3, -0.25) is 4.90 Å². The summed E-state index contributed by atoms with van der Waals surface area (Å²) < 4.78 is 1.47. The molecule has 1 aromatic carbocycles. The molecule has 0 radical (unpaired) electrons. The lowest BCUT2D eigenvalue weighted by atomic mass is 10.0. The molecule has 132 valence electrons. The van der Waals surface area contributed by atoms with Crippen molar-refractivity contribution in [1.82, 2.24) is 24.4 Å². The van der Waals surface area contributed by atoms with E-state index in [1.54, 1.807) is 6.07 Å². The van der Waals surface area contributed by atoms with E-state index in [4.69, 9.17) is 23.2 Å². The predicted octanol–water partition coefficient (Wildman–Crippen LogP) is 3.14. The Hall–Kier alpha value is -1.38. The molecule has 0 bridgehead atoms. The monoisotopic (exact) mass is 397 g/mol. The van der Waals surface area contributed by atoms with Crippen LogP contribution in [0.15, 0.2) is 24.5 Å². The van der Waals surface area contributed by atoms with E-state index >= 15 is 0 Å². The van der Waals surface area contributed by atoms with Gasteiger partial charge in [-0.25, -0.2) is 4.98 Å². The minimum absolute atomic E-state index is 0.114. The molecule has 1 saturated heterocycles. The fourth-order valence-corrected chi connectivity index (χ4v) is 4.56. The number of fused-ring (bicyclic) bond motifs is 1. The minimum atomic E-state index is -0.114. The fraction of sp³-hybridized carbons (Fsp3) is 0.375. The van der Waals surface area contributed by atoms with Crippen molar-refractivity contribution in [3.05, 3.63) is 45.0 Å². The molecule has 0 aliphatic carbocycles. The van der Waals surface area contributed by atoms with Crippen molar-refractivity contribution in [2.45, 2.75) is 6.04 Å². The summed E-state index contributed by atoms with van der Waals surface area (Å²) in [5.41, 5.74) is 0.999. The number of hydrogen-bond donors (Lipinski definition) is 1. The first-order chi connectivity index (χ1) is 12.0. The number of likely N-dealkylation sites (N-methyl/N-ethyl adjacent to an activating group) is 1. The molecule has 1 N–H and O–H groups in total. The standard InChI is InChI=1S/C16H17Cl2N5OS/c1-21-4-6-22(7-5-21)13(10-2-3-11(17)12(18)8-10)14-15(24)23-16(25-14)19-9-20-23/h2-3,8-9,13,24H,4-7H2,1H3. The van der Waals surface area contributed by atoms with Crippen LogP contribution in [0.4, 0.5) is 0 Å². The van der Waals surface area contributed by atoms with Crippen molar-refractivity contribution in [3.8, 4) is 5.88 Å². The maximum absolute atomic E-state index is 10.7. The molecule has 0 saturated carbocycles. The Bertz CT molecular complexity index is 903. The fourth-order valence-electron chi connectivity index (χ4n) is 3.16. The summed E-state index contributed by atoms with van der Waals surface area (Å²) in [7, 11) is 2.12. The van der Waals surface area contributed by atoms with E-state index in [1.165, 1.54) is 22.2 Å². The van der Waals surface area contributed by atoms with Crippen molar-refractivity contribution in [1.29, 1.82) is 0 Å². The van der Waals surface area contributed by atoms with Gasteiger partial charge in [0.15, 0.2) is 0 Å². The maximum atomic E-state index is 10.7. The van der Waals surface area contributed by atoms with E-state index in [0.29, 0.717) is 15.0 Å². The molecule has 0 spiro atoms. The van der Waals surface area contributed by atoms with Crippen LogP contribution in [0.2, 0.25) is 10.0 Å². The van der Waals surface area contributed by atoms with Crippen LogP contribution >= 0.6 is 34.5 Å². The number of aromatic hydroxyl groups is 1. The van der Waals surface area contributed by atoms with Gasteiger partial charge >= 0.3 is 0 Å². The summed E-state index contributed by atoms with van der Waals surface area (Å²) in [6.07, 6.45) is 1.44. The van der Waals surface area contributed by atoms with E-state index < -0.39 is 0 Å². The summed E-state index contributed by atoms with van der Waals surface area (Å²) >= 11 is 13.8. The Morgan fingerprint density at radius 2 is 1.92 bits per heavy atom. The average molecular weight is 398 g/mol. The van der Waals surface area contributed by atoms with Crippen LogP contribution in [-0.2, 0) is 0 Å². The van der Waals surface area contributed by atoms with E-state index in [0.717, 1.165) is 36.6 Å². The number of hydrogen-bond acceptors (Lipinski definition) is 6. The van der Waals surface area contributed by atoms with Crippen LogP contribution in [0.1, 0.15) is 16.5 Å². The molecular weight excluding hydrogens is 381 g/mol. The van der Waals surface area contributed by atoms with E-state index in [1.807, 2.05) is 12.1 Å². The number of rotatable bonds is 3. The lowest BCUT2D eigenvalue weighted by Gasteiger charge is -2.37. The van der Waals surface area contributed by atoms with Crippen molar-refractivity contribution < 1.29 is 5.11 Å². The van der Waals surface area contributed by atoms with Crippen molar-refractivity contribution >= 4 is 39.5 Å². The second-order valence-electron chi connectivity index (χ2n) is 6.16. The van der Waals surface area contributed by atoms with Gasteiger partial charge in [-0.2, -0.15) is 9.61 Å². The molecule has 1 aliphatic rings. The van der Waals surface area contributed by atoms with Crippen LogP contribution in [-0.4, -0.2) is 62.7 Å². The third-order valence-electron chi connectivity index (χ3n) is 4.55. The molecule has 1 atom stereocenters. The lowest BCUT2D eigenvalue weighted by molar-refractivity contribution is 0.127. The first-order valence-electron chi connectivity index (χ1n) is 7.93. The Balaban J connectivity index is 1.81. The normalized spacial score (nSPS) is 18.0. The highest BCUT2D eigenvalue weighted by atomic mass is 35.5. The van der Waals surface area contributed by atoms with Gasteiger partial charge < -0.3 is 10.0 Å². The zero-order valence-corrected chi connectivity index (χ0v) is 15.9. The first kappa shape index (κ1) is 17.1. The molecule has 3 heterocycles. The van der Waals surface area contributed by atoms with Gasteiger partial charge in [0.1, 0.15) is 6.33 Å². The number of piperazine rings is 1.